The van der Waals surface area contributed by atoms with Crippen LogP contribution in [0.2, 0.25) is 0 Å². The molecular weight excluding hydrogens is 544 g/mol. The van der Waals surface area contributed by atoms with Crippen LogP contribution in [0.4, 0.5) is 23.2 Å². The van der Waals surface area contributed by atoms with E-state index in [0.29, 0.717) is 10.6 Å². The summed E-state index contributed by atoms with van der Waals surface area (Å²) in [6, 6.07) is 5.57. The highest BCUT2D eigenvalue weighted by Gasteiger charge is 2.48. The second-order valence-corrected chi connectivity index (χ2v) is 10.3. The van der Waals surface area contributed by atoms with Gasteiger partial charge in [0.2, 0.25) is 5.92 Å². The van der Waals surface area contributed by atoms with Crippen molar-refractivity contribution in [2.75, 3.05) is 4.90 Å². The number of carbonyl (C=O) groups excluding carboxylic acids is 2. The minimum absolute atomic E-state index is 0.0107. The first-order chi connectivity index (χ1) is 17.9. The SMILES string of the molecule is C=N/C=C(\C=C(/C)F)[C@@](C)(C(=O)NC1CCC(F)(F)CC1)N(C(=O)[C@H](F)Cl)c1ccc(-c2nccs2)cc1. The van der Waals surface area contributed by atoms with Crippen molar-refractivity contribution >= 4 is 47.2 Å². The van der Waals surface area contributed by atoms with Crippen molar-refractivity contribution in [1.82, 2.24) is 10.3 Å². The fraction of sp³-hybridized carbons (Fsp3) is 0.385. The van der Waals surface area contributed by atoms with Crippen molar-refractivity contribution in [1.29, 1.82) is 0 Å². The third kappa shape index (κ3) is 6.68. The Labute approximate surface area is 227 Å². The second kappa shape index (κ2) is 12.2. The van der Waals surface area contributed by atoms with Gasteiger partial charge in [-0.15, -0.1) is 11.3 Å². The Hall–Kier alpha value is -3.05. The molecule has 1 aromatic heterocycles. The Kier molecular flexibility index (Phi) is 9.48. The summed E-state index contributed by atoms with van der Waals surface area (Å²) < 4.78 is 56.0. The minimum atomic E-state index is -2.84. The Morgan fingerprint density at radius 2 is 1.95 bits per heavy atom. The number of carbonyl (C=O) groups is 2. The zero-order chi connectivity index (χ0) is 28.1. The topological polar surface area (TPSA) is 74.7 Å². The molecule has 1 fully saturated rings. The molecule has 2 amide bonds. The highest BCUT2D eigenvalue weighted by atomic mass is 35.5. The molecule has 3 rings (SSSR count). The molecule has 1 aliphatic rings. The molecule has 0 saturated heterocycles. The molecule has 0 aliphatic heterocycles. The van der Waals surface area contributed by atoms with Crippen molar-refractivity contribution in [3.63, 3.8) is 0 Å². The molecule has 1 heterocycles. The predicted molar refractivity (Wildman–Crippen MR) is 142 cm³/mol. The highest BCUT2D eigenvalue weighted by molar-refractivity contribution is 7.13. The number of nitrogens with zero attached hydrogens (tertiary/aromatic N) is 3. The first kappa shape index (κ1) is 29.5. The van der Waals surface area contributed by atoms with Crippen LogP contribution in [0.25, 0.3) is 10.6 Å². The molecule has 2 aromatic rings. The number of aliphatic imine (C=N–C) groups is 1. The fourth-order valence-electron chi connectivity index (χ4n) is 4.31. The zero-order valence-corrected chi connectivity index (χ0v) is 22.3. The molecule has 1 aromatic carbocycles. The maximum atomic E-state index is 14.4. The summed E-state index contributed by atoms with van der Waals surface area (Å²) in [5.74, 6) is -5.71. The minimum Gasteiger partial charge on any atom is -0.351 e. The van der Waals surface area contributed by atoms with E-state index in [4.69, 9.17) is 11.6 Å². The van der Waals surface area contributed by atoms with E-state index in [-0.39, 0.29) is 24.1 Å². The molecule has 204 valence electrons. The monoisotopic (exact) mass is 570 g/mol. The first-order valence-electron chi connectivity index (χ1n) is 11.7. The molecule has 2 atom stereocenters. The third-order valence-corrected chi connectivity index (χ3v) is 7.31. The van der Waals surface area contributed by atoms with Crippen molar-refractivity contribution in [2.24, 2.45) is 4.99 Å². The number of rotatable bonds is 9. The summed E-state index contributed by atoms with van der Waals surface area (Å²) in [7, 11) is 0. The van der Waals surface area contributed by atoms with Gasteiger partial charge in [0.25, 0.3) is 17.4 Å². The summed E-state index contributed by atoms with van der Waals surface area (Å²) in [6.45, 7) is 5.76. The van der Waals surface area contributed by atoms with Crippen LogP contribution in [0.3, 0.4) is 0 Å². The number of alkyl halides is 4. The molecule has 1 aliphatic carbocycles. The number of benzene rings is 1. The number of amides is 2. The molecule has 0 unspecified atom stereocenters. The molecule has 12 heteroatoms. The van der Waals surface area contributed by atoms with Gasteiger partial charge in [0, 0.05) is 53.5 Å². The van der Waals surface area contributed by atoms with E-state index in [1.807, 2.05) is 0 Å². The number of nitrogens with one attached hydrogen (secondary N) is 1. The zero-order valence-electron chi connectivity index (χ0n) is 20.8. The summed E-state index contributed by atoms with van der Waals surface area (Å²) in [4.78, 5) is 35.8. The van der Waals surface area contributed by atoms with Crippen LogP contribution in [0.1, 0.15) is 39.5 Å². The van der Waals surface area contributed by atoms with Gasteiger partial charge in [-0.25, -0.2) is 22.5 Å². The third-order valence-electron chi connectivity index (χ3n) is 6.30. The van der Waals surface area contributed by atoms with E-state index in [0.717, 1.165) is 24.1 Å². The van der Waals surface area contributed by atoms with Crippen LogP contribution in [0.5, 0.6) is 0 Å². The Balaban J connectivity index is 2.13. The molecule has 0 spiro atoms. The van der Waals surface area contributed by atoms with Crippen LogP contribution in [0.15, 0.2) is 64.5 Å². The van der Waals surface area contributed by atoms with Gasteiger partial charge < -0.3 is 5.32 Å². The van der Waals surface area contributed by atoms with Crippen LogP contribution < -0.4 is 10.2 Å². The number of halogens is 5. The van der Waals surface area contributed by atoms with Gasteiger partial charge in [0.1, 0.15) is 5.01 Å². The van der Waals surface area contributed by atoms with Gasteiger partial charge in [0.15, 0.2) is 5.54 Å². The lowest BCUT2D eigenvalue weighted by Crippen LogP contribution is -2.63. The smallest absolute Gasteiger partial charge is 0.278 e. The average molecular weight is 571 g/mol. The van der Waals surface area contributed by atoms with Crippen molar-refractivity contribution in [2.45, 2.75) is 62.7 Å². The summed E-state index contributed by atoms with van der Waals surface area (Å²) in [5, 5.41) is 5.17. The van der Waals surface area contributed by atoms with Crippen molar-refractivity contribution in [3.05, 3.63) is 59.5 Å². The van der Waals surface area contributed by atoms with Gasteiger partial charge in [-0.3, -0.25) is 19.5 Å². The van der Waals surface area contributed by atoms with Gasteiger partial charge in [-0.05, 0) is 63.7 Å². The summed E-state index contributed by atoms with van der Waals surface area (Å²) in [6.07, 6.45) is 2.79. The summed E-state index contributed by atoms with van der Waals surface area (Å²) in [5.41, 5.74) is -4.01. The van der Waals surface area contributed by atoms with Crippen LogP contribution in [0, 0.1) is 0 Å². The molecule has 0 bridgehead atoms. The number of allylic oxidation sites excluding steroid dienone is 1. The van der Waals surface area contributed by atoms with Gasteiger partial charge in [0.05, 0.1) is 5.83 Å². The lowest BCUT2D eigenvalue weighted by molar-refractivity contribution is -0.130. The second-order valence-electron chi connectivity index (χ2n) is 9.03. The number of aromatic nitrogens is 1. The highest BCUT2D eigenvalue weighted by Crippen LogP contribution is 2.37. The van der Waals surface area contributed by atoms with E-state index in [9.17, 15) is 27.2 Å². The Bertz CT molecular complexity index is 1200. The number of thiazole rings is 1. The van der Waals surface area contributed by atoms with Crippen LogP contribution in [-0.2, 0) is 9.59 Å². The quantitative estimate of drug-likeness (QED) is 0.160. The van der Waals surface area contributed by atoms with Gasteiger partial charge in [-0.1, -0.05) is 11.6 Å². The molecular formula is C26H27ClF4N4O2S. The van der Waals surface area contributed by atoms with Gasteiger partial charge in [-0.2, -0.15) is 0 Å². The Morgan fingerprint density at radius 1 is 1.32 bits per heavy atom. The van der Waals surface area contributed by atoms with E-state index >= 15 is 0 Å². The Morgan fingerprint density at radius 3 is 2.45 bits per heavy atom. The molecule has 1 saturated carbocycles. The average Bonchev–Trinajstić information content (AvgIpc) is 3.40. The maximum absolute atomic E-state index is 14.4. The van der Waals surface area contributed by atoms with E-state index in [1.165, 1.54) is 30.4 Å². The van der Waals surface area contributed by atoms with Crippen molar-refractivity contribution < 1.29 is 27.2 Å². The number of anilines is 1. The van der Waals surface area contributed by atoms with Crippen LogP contribution in [-0.4, -0.2) is 46.7 Å². The predicted octanol–water partition coefficient (Wildman–Crippen LogP) is 6.59. The number of hydrogen-bond donors (Lipinski definition) is 1. The number of hydrogen-bond acceptors (Lipinski definition) is 5. The maximum Gasteiger partial charge on any atom is 0.278 e. The standard InChI is InChI=1S/C26H27ClF4N4O2S/c1-16(28)14-18(15-32-3)25(2,24(37)34-19-8-10-26(30,31)11-9-19)35(23(36)21(27)29)20-6-4-17(5-7-20)22-33-12-13-38-22/h4-7,12-15,19,21H,3,8-11H2,1-2H3,(H,34,37)/b16-14+,18-15+/t21-,25-/m0/s1. The molecule has 6 nitrogen and oxygen atoms in total. The van der Waals surface area contributed by atoms with E-state index in [2.05, 4.69) is 22.0 Å². The molecule has 0 radical (unpaired) electrons. The lowest BCUT2D eigenvalue weighted by atomic mass is 9.85. The van der Waals surface area contributed by atoms with E-state index < -0.39 is 53.6 Å². The fourth-order valence-corrected chi connectivity index (χ4v) is 5.05. The molecule has 1 N–H and O–H groups in total. The van der Waals surface area contributed by atoms with Crippen molar-refractivity contribution in [3.8, 4) is 10.6 Å². The van der Waals surface area contributed by atoms with Crippen LogP contribution >= 0.6 is 22.9 Å². The summed E-state index contributed by atoms with van der Waals surface area (Å²) >= 11 is 6.96. The van der Waals surface area contributed by atoms with Gasteiger partial charge >= 0.3 is 0 Å². The van der Waals surface area contributed by atoms with E-state index in [1.54, 1.807) is 23.7 Å². The first-order valence-corrected chi connectivity index (χ1v) is 13.0. The normalized spacial score (nSPS) is 18.8. The molecule has 38 heavy (non-hydrogen) atoms. The lowest BCUT2D eigenvalue weighted by Gasteiger charge is -2.42. The largest absolute Gasteiger partial charge is 0.351 e.